The van der Waals surface area contributed by atoms with Crippen LogP contribution in [0.5, 0.6) is 0 Å². The van der Waals surface area contributed by atoms with Crippen LogP contribution < -0.4 is 5.73 Å². The number of methoxy groups -OCH3 is 1. The summed E-state index contributed by atoms with van der Waals surface area (Å²) < 4.78 is 5.62. The average molecular weight is 261 g/mol. The summed E-state index contributed by atoms with van der Waals surface area (Å²) in [5.41, 5.74) is 9.06. The predicted octanol–water partition coefficient (Wildman–Crippen LogP) is 4.02. The standard InChI is InChI=1S/C17H27NO/c1-17(2,3)16(19-4)15(18)14-10-8-13(9-11-14)12-6-5-7-12/h8-12,15-16H,5-7,18H2,1-4H3. The summed E-state index contributed by atoms with van der Waals surface area (Å²) in [4.78, 5) is 0. The fourth-order valence-electron chi connectivity index (χ4n) is 2.95. The molecule has 0 heterocycles. The van der Waals surface area contributed by atoms with E-state index in [1.54, 1.807) is 7.11 Å². The minimum Gasteiger partial charge on any atom is -0.379 e. The molecule has 1 fully saturated rings. The average Bonchev–Trinajstić information content (AvgIpc) is 2.26. The van der Waals surface area contributed by atoms with Crippen LogP contribution >= 0.6 is 0 Å². The zero-order valence-corrected chi connectivity index (χ0v) is 12.6. The van der Waals surface area contributed by atoms with Crippen molar-refractivity contribution < 1.29 is 4.74 Å². The van der Waals surface area contributed by atoms with E-state index in [4.69, 9.17) is 10.5 Å². The quantitative estimate of drug-likeness (QED) is 0.888. The first kappa shape index (κ1) is 14.5. The third-order valence-electron chi connectivity index (χ3n) is 4.33. The molecule has 0 spiro atoms. The predicted molar refractivity (Wildman–Crippen MR) is 80.2 cm³/mol. The zero-order chi connectivity index (χ0) is 14.0. The highest BCUT2D eigenvalue weighted by molar-refractivity contribution is 5.29. The van der Waals surface area contributed by atoms with Crippen molar-refractivity contribution in [1.82, 2.24) is 0 Å². The van der Waals surface area contributed by atoms with Gasteiger partial charge in [-0.05, 0) is 35.3 Å². The van der Waals surface area contributed by atoms with E-state index >= 15 is 0 Å². The van der Waals surface area contributed by atoms with Gasteiger partial charge in [-0.1, -0.05) is 51.5 Å². The monoisotopic (exact) mass is 261 g/mol. The first-order chi connectivity index (χ1) is 8.93. The van der Waals surface area contributed by atoms with Gasteiger partial charge < -0.3 is 10.5 Å². The van der Waals surface area contributed by atoms with Crippen molar-refractivity contribution in [3.63, 3.8) is 0 Å². The second-order valence-electron chi connectivity index (χ2n) is 6.84. The molecule has 0 saturated heterocycles. The molecule has 1 aliphatic rings. The number of benzene rings is 1. The molecule has 1 aliphatic carbocycles. The lowest BCUT2D eigenvalue weighted by atomic mass is 9.79. The molecule has 2 N–H and O–H groups in total. The second kappa shape index (κ2) is 5.64. The molecule has 0 amide bonds. The molecule has 0 radical (unpaired) electrons. The molecule has 0 aromatic heterocycles. The summed E-state index contributed by atoms with van der Waals surface area (Å²) in [6.07, 6.45) is 4.09. The molecule has 2 unspecified atom stereocenters. The summed E-state index contributed by atoms with van der Waals surface area (Å²) in [5.74, 6) is 0.783. The lowest BCUT2D eigenvalue weighted by Gasteiger charge is -2.34. The summed E-state index contributed by atoms with van der Waals surface area (Å²) in [6, 6.07) is 8.77. The summed E-state index contributed by atoms with van der Waals surface area (Å²) in [7, 11) is 1.75. The number of ether oxygens (including phenoxy) is 1. The maximum Gasteiger partial charge on any atom is 0.0811 e. The Morgan fingerprint density at radius 3 is 2.11 bits per heavy atom. The van der Waals surface area contributed by atoms with Crippen molar-refractivity contribution in [1.29, 1.82) is 0 Å². The minimum absolute atomic E-state index is 0.0297. The van der Waals surface area contributed by atoms with Gasteiger partial charge in [0.25, 0.3) is 0 Å². The van der Waals surface area contributed by atoms with Crippen LogP contribution in [0.4, 0.5) is 0 Å². The molecule has 1 aromatic rings. The van der Waals surface area contributed by atoms with Gasteiger partial charge in [-0.3, -0.25) is 0 Å². The number of nitrogens with two attached hydrogens (primary N) is 1. The van der Waals surface area contributed by atoms with E-state index in [1.165, 1.54) is 30.4 Å². The summed E-state index contributed by atoms with van der Waals surface area (Å²) >= 11 is 0. The first-order valence-corrected chi connectivity index (χ1v) is 7.31. The van der Waals surface area contributed by atoms with E-state index in [-0.39, 0.29) is 17.6 Å². The lowest BCUT2D eigenvalue weighted by Crippen LogP contribution is -2.38. The molecule has 2 atom stereocenters. The molecule has 19 heavy (non-hydrogen) atoms. The van der Waals surface area contributed by atoms with Crippen molar-refractivity contribution in [2.45, 2.75) is 58.1 Å². The Bertz CT molecular complexity index is 400. The van der Waals surface area contributed by atoms with Crippen LogP contribution in [0.25, 0.3) is 0 Å². The van der Waals surface area contributed by atoms with Crippen LogP contribution in [0, 0.1) is 5.41 Å². The summed E-state index contributed by atoms with van der Waals surface area (Å²) in [6.45, 7) is 6.51. The lowest BCUT2D eigenvalue weighted by molar-refractivity contribution is -0.00243. The van der Waals surface area contributed by atoms with Gasteiger partial charge in [0.15, 0.2) is 0 Å². The molecule has 0 bridgehead atoms. The van der Waals surface area contributed by atoms with Crippen LogP contribution in [0.3, 0.4) is 0 Å². The van der Waals surface area contributed by atoms with E-state index in [0.29, 0.717) is 0 Å². The Morgan fingerprint density at radius 1 is 1.16 bits per heavy atom. The Balaban J connectivity index is 2.11. The second-order valence-corrected chi connectivity index (χ2v) is 6.84. The largest absolute Gasteiger partial charge is 0.379 e. The van der Waals surface area contributed by atoms with Crippen LogP contribution in [0.1, 0.15) is 63.1 Å². The molecular formula is C17H27NO. The number of hydrogen-bond acceptors (Lipinski definition) is 2. The van der Waals surface area contributed by atoms with Crippen molar-refractivity contribution in [3.8, 4) is 0 Å². The number of hydrogen-bond donors (Lipinski definition) is 1. The Labute approximate surface area is 117 Å². The topological polar surface area (TPSA) is 35.2 Å². The molecule has 0 aliphatic heterocycles. The maximum atomic E-state index is 6.38. The van der Waals surface area contributed by atoms with E-state index in [2.05, 4.69) is 45.0 Å². The normalized spacial score (nSPS) is 19.8. The highest BCUT2D eigenvalue weighted by atomic mass is 16.5. The van der Waals surface area contributed by atoms with Gasteiger partial charge in [0.2, 0.25) is 0 Å². The third-order valence-corrected chi connectivity index (χ3v) is 4.33. The first-order valence-electron chi connectivity index (χ1n) is 7.31. The SMILES string of the molecule is COC(C(N)c1ccc(C2CCC2)cc1)C(C)(C)C. The van der Waals surface area contributed by atoms with Crippen molar-refractivity contribution in [2.24, 2.45) is 11.1 Å². The Hall–Kier alpha value is -0.860. The van der Waals surface area contributed by atoms with E-state index < -0.39 is 0 Å². The van der Waals surface area contributed by atoms with Crippen LogP contribution in [-0.2, 0) is 4.74 Å². The van der Waals surface area contributed by atoms with Crippen LogP contribution in [0.2, 0.25) is 0 Å². The van der Waals surface area contributed by atoms with Gasteiger partial charge in [0, 0.05) is 7.11 Å². The maximum absolute atomic E-state index is 6.38. The van der Waals surface area contributed by atoms with Gasteiger partial charge in [0.1, 0.15) is 0 Å². The van der Waals surface area contributed by atoms with Gasteiger partial charge >= 0.3 is 0 Å². The Kier molecular flexibility index (Phi) is 4.32. The molecule has 1 saturated carbocycles. The molecule has 2 rings (SSSR count). The van der Waals surface area contributed by atoms with E-state index in [1.807, 2.05) is 0 Å². The van der Waals surface area contributed by atoms with E-state index in [9.17, 15) is 0 Å². The molecule has 2 nitrogen and oxygen atoms in total. The fourth-order valence-corrected chi connectivity index (χ4v) is 2.95. The smallest absolute Gasteiger partial charge is 0.0811 e. The zero-order valence-electron chi connectivity index (χ0n) is 12.6. The van der Waals surface area contributed by atoms with Crippen LogP contribution in [-0.4, -0.2) is 13.2 Å². The van der Waals surface area contributed by atoms with Crippen molar-refractivity contribution in [3.05, 3.63) is 35.4 Å². The van der Waals surface area contributed by atoms with Crippen molar-refractivity contribution in [2.75, 3.05) is 7.11 Å². The van der Waals surface area contributed by atoms with Gasteiger partial charge in [-0.15, -0.1) is 0 Å². The van der Waals surface area contributed by atoms with Crippen LogP contribution in [0.15, 0.2) is 24.3 Å². The minimum atomic E-state index is -0.0690. The van der Waals surface area contributed by atoms with E-state index in [0.717, 1.165) is 5.92 Å². The highest BCUT2D eigenvalue weighted by Crippen LogP contribution is 2.37. The molecule has 1 aromatic carbocycles. The fraction of sp³-hybridized carbons (Fsp3) is 0.647. The number of rotatable bonds is 4. The van der Waals surface area contributed by atoms with Gasteiger partial charge in [0.05, 0.1) is 12.1 Å². The van der Waals surface area contributed by atoms with Gasteiger partial charge in [-0.25, -0.2) is 0 Å². The van der Waals surface area contributed by atoms with Crippen molar-refractivity contribution >= 4 is 0 Å². The molecular weight excluding hydrogens is 234 g/mol. The molecule has 2 heteroatoms. The van der Waals surface area contributed by atoms with Gasteiger partial charge in [-0.2, -0.15) is 0 Å². The molecule has 106 valence electrons. The third kappa shape index (κ3) is 3.18. The Morgan fingerprint density at radius 2 is 1.74 bits per heavy atom. The summed E-state index contributed by atoms with van der Waals surface area (Å²) in [5, 5.41) is 0. The highest BCUT2D eigenvalue weighted by Gasteiger charge is 2.31.